The molecule has 0 rings (SSSR count). The van der Waals surface area contributed by atoms with Gasteiger partial charge in [0.15, 0.2) is 0 Å². The molecule has 0 saturated heterocycles. The second kappa shape index (κ2) is 5.53. The Hall–Kier alpha value is -1.10. The van der Waals surface area contributed by atoms with Crippen LogP contribution < -0.4 is 5.73 Å². The van der Waals surface area contributed by atoms with Gasteiger partial charge in [-0.05, 0) is 12.8 Å². The molecule has 0 aromatic heterocycles. The molecule has 5 nitrogen and oxygen atoms in total. The lowest BCUT2D eigenvalue weighted by Gasteiger charge is -2.13. The molecule has 2 atom stereocenters. The van der Waals surface area contributed by atoms with Gasteiger partial charge in [0.05, 0.1) is 12.3 Å². The van der Waals surface area contributed by atoms with Crippen molar-refractivity contribution < 1.29 is 19.8 Å². The number of hydrogen-bond donors (Lipinski definition) is 3. The molecule has 0 aliphatic rings. The van der Waals surface area contributed by atoms with Gasteiger partial charge < -0.3 is 15.9 Å². The zero-order chi connectivity index (χ0) is 10.4. The lowest BCUT2D eigenvalue weighted by Crippen LogP contribution is -2.28. The Kier molecular flexibility index (Phi) is 5.06. The van der Waals surface area contributed by atoms with Gasteiger partial charge in [0.1, 0.15) is 0 Å². The molecule has 0 aromatic rings. The molecule has 0 aliphatic heterocycles. The van der Waals surface area contributed by atoms with E-state index in [1.165, 1.54) is 0 Å². The molecule has 0 saturated carbocycles. The quantitative estimate of drug-likeness (QED) is 0.557. The normalized spacial score (nSPS) is 14.9. The number of aliphatic carboxylic acids is 2. The number of carboxylic acids is 2. The topological polar surface area (TPSA) is 101 Å². The third-order valence-electron chi connectivity index (χ3n) is 1.88. The van der Waals surface area contributed by atoms with Gasteiger partial charge in [-0.25, -0.2) is 0 Å². The van der Waals surface area contributed by atoms with Crippen molar-refractivity contribution in [3.05, 3.63) is 0 Å². The maximum Gasteiger partial charge on any atom is 0.307 e. The summed E-state index contributed by atoms with van der Waals surface area (Å²) in [6.07, 6.45) is 0.518. The first kappa shape index (κ1) is 11.9. The summed E-state index contributed by atoms with van der Waals surface area (Å²) in [5, 5.41) is 17.1. The van der Waals surface area contributed by atoms with E-state index in [-0.39, 0.29) is 18.9 Å². The molecule has 76 valence electrons. The molecule has 0 fully saturated rings. The summed E-state index contributed by atoms with van der Waals surface area (Å²) in [7, 11) is 0. The Bertz CT molecular complexity index is 193. The highest BCUT2D eigenvalue weighted by atomic mass is 16.4. The van der Waals surface area contributed by atoms with E-state index in [0.717, 1.165) is 0 Å². The van der Waals surface area contributed by atoms with E-state index in [2.05, 4.69) is 0 Å². The summed E-state index contributed by atoms with van der Waals surface area (Å²) in [5.74, 6) is -3.06. The van der Waals surface area contributed by atoms with Gasteiger partial charge >= 0.3 is 11.9 Å². The minimum absolute atomic E-state index is 0.220. The maximum atomic E-state index is 10.6. The van der Waals surface area contributed by atoms with Crippen molar-refractivity contribution in [1.29, 1.82) is 0 Å². The number of carbonyl (C=O) groups is 2. The second-order valence-corrected chi connectivity index (χ2v) is 3.04. The lowest BCUT2D eigenvalue weighted by atomic mass is 9.96. The second-order valence-electron chi connectivity index (χ2n) is 3.04. The van der Waals surface area contributed by atoms with Crippen LogP contribution in [-0.2, 0) is 9.59 Å². The van der Waals surface area contributed by atoms with Crippen molar-refractivity contribution >= 4 is 11.9 Å². The first-order valence-corrected chi connectivity index (χ1v) is 4.17. The van der Waals surface area contributed by atoms with Crippen molar-refractivity contribution in [1.82, 2.24) is 0 Å². The Morgan fingerprint density at radius 3 is 2.23 bits per heavy atom. The highest BCUT2D eigenvalue weighted by Gasteiger charge is 2.22. The highest BCUT2D eigenvalue weighted by Crippen LogP contribution is 2.12. The summed E-state index contributed by atoms with van der Waals surface area (Å²) in [4.78, 5) is 20.8. The zero-order valence-electron chi connectivity index (χ0n) is 7.56. The van der Waals surface area contributed by atoms with Crippen molar-refractivity contribution in [2.24, 2.45) is 11.7 Å². The number of rotatable bonds is 6. The van der Waals surface area contributed by atoms with E-state index in [9.17, 15) is 9.59 Å². The van der Waals surface area contributed by atoms with E-state index in [1.807, 2.05) is 6.92 Å². The predicted molar refractivity (Wildman–Crippen MR) is 46.3 cm³/mol. The van der Waals surface area contributed by atoms with Gasteiger partial charge in [-0.1, -0.05) is 6.92 Å². The molecule has 0 spiro atoms. The molecule has 13 heavy (non-hydrogen) atoms. The van der Waals surface area contributed by atoms with E-state index in [4.69, 9.17) is 15.9 Å². The van der Waals surface area contributed by atoms with Gasteiger partial charge in [-0.3, -0.25) is 9.59 Å². The summed E-state index contributed by atoms with van der Waals surface area (Å²) < 4.78 is 0. The molecule has 0 amide bonds. The van der Waals surface area contributed by atoms with Crippen molar-refractivity contribution in [3.8, 4) is 0 Å². The highest BCUT2D eigenvalue weighted by molar-refractivity contribution is 5.77. The monoisotopic (exact) mass is 189 g/mol. The molecule has 2 unspecified atom stereocenters. The van der Waals surface area contributed by atoms with Gasteiger partial charge in [0, 0.05) is 6.04 Å². The van der Waals surface area contributed by atoms with E-state index in [0.29, 0.717) is 6.42 Å². The Labute approximate surface area is 76.5 Å². The number of carboxylic acid groups (broad SMARTS) is 2. The van der Waals surface area contributed by atoms with Gasteiger partial charge in [0.2, 0.25) is 0 Å². The first-order chi connectivity index (χ1) is 5.97. The van der Waals surface area contributed by atoms with Crippen LogP contribution in [0.1, 0.15) is 26.2 Å². The molecule has 4 N–H and O–H groups in total. The van der Waals surface area contributed by atoms with Crippen molar-refractivity contribution in [2.75, 3.05) is 0 Å². The van der Waals surface area contributed by atoms with Crippen LogP contribution in [0, 0.1) is 5.92 Å². The minimum Gasteiger partial charge on any atom is -0.481 e. The van der Waals surface area contributed by atoms with Crippen LogP contribution in [0.15, 0.2) is 0 Å². The maximum absolute atomic E-state index is 10.6. The largest absolute Gasteiger partial charge is 0.481 e. The Morgan fingerprint density at radius 2 is 1.92 bits per heavy atom. The third kappa shape index (κ3) is 5.19. The van der Waals surface area contributed by atoms with Crippen LogP contribution in [-0.4, -0.2) is 28.2 Å². The lowest BCUT2D eigenvalue weighted by molar-refractivity contribution is -0.148. The summed E-state index contributed by atoms with van der Waals surface area (Å²) in [6, 6.07) is -0.236. The van der Waals surface area contributed by atoms with Gasteiger partial charge in [-0.2, -0.15) is 0 Å². The smallest absolute Gasteiger partial charge is 0.307 e. The Morgan fingerprint density at radius 1 is 1.38 bits per heavy atom. The number of hydrogen-bond acceptors (Lipinski definition) is 3. The van der Waals surface area contributed by atoms with E-state index >= 15 is 0 Å². The Balaban J connectivity index is 4.10. The third-order valence-corrected chi connectivity index (χ3v) is 1.88. The average molecular weight is 189 g/mol. The average Bonchev–Trinajstić information content (AvgIpc) is 2.02. The first-order valence-electron chi connectivity index (χ1n) is 4.17. The van der Waals surface area contributed by atoms with Crippen molar-refractivity contribution in [3.63, 3.8) is 0 Å². The van der Waals surface area contributed by atoms with Crippen molar-refractivity contribution in [2.45, 2.75) is 32.2 Å². The summed E-state index contributed by atoms with van der Waals surface area (Å²) >= 11 is 0. The molecule has 0 bridgehead atoms. The van der Waals surface area contributed by atoms with E-state index in [1.54, 1.807) is 0 Å². The van der Waals surface area contributed by atoms with E-state index < -0.39 is 17.9 Å². The van der Waals surface area contributed by atoms with Gasteiger partial charge in [0.25, 0.3) is 0 Å². The van der Waals surface area contributed by atoms with Crippen LogP contribution in [0.3, 0.4) is 0 Å². The summed E-state index contributed by atoms with van der Waals surface area (Å²) in [5.41, 5.74) is 5.53. The minimum atomic E-state index is -1.10. The zero-order valence-corrected chi connectivity index (χ0v) is 7.56. The molecule has 0 aromatic carbocycles. The predicted octanol–water partition coefficient (Wildman–Crippen LogP) is 0.289. The molecule has 0 heterocycles. The molecule has 0 aliphatic carbocycles. The van der Waals surface area contributed by atoms with Crippen LogP contribution in [0.5, 0.6) is 0 Å². The van der Waals surface area contributed by atoms with Crippen LogP contribution in [0.4, 0.5) is 0 Å². The van der Waals surface area contributed by atoms with Crippen LogP contribution >= 0.6 is 0 Å². The molecule has 0 radical (unpaired) electrons. The molecular formula is C8H15NO4. The number of nitrogens with two attached hydrogens (primary N) is 1. The SMILES string of the molecule is CCC(N)CC(CC(=O)O)C(=O)O. The summed E-state index contributed by atoms with van der Waals surface area (Å²) in [6.45, 7) is 1.84. The molecular weight excluding hydrogens is 174 g/mol. The fourth-order valence-electron chi connectivity index (χ4n) is 1.01. The van der Waals surface area contributed by atoms with Gasteiger partial charge in [-0.15, -0.1) is 0 Å². The van der Waals surface area contributed by atoms with Crippen LogP contribution in [0.25, 0.3) is 0 Å². The van der Waals surface area contributed by atoms with Crippen LogP contribution in [0.2, 0.25) is 0 Å². The standard InChI is InChI=1S/C8H15NO4/c1-2-6(9)3-5(8(12)13)4-7(10)11/h5-6H,2-4,9H2,1H3,(H,10,11)(H,12,13). The fraction of sp³-hybridized carbons (Fsp3) is 0.750. The fourth-order valence-corrected chi connectivity index (χ4v) is 1.01. The molecule has 5 heteroatoms.